The molecule has 0 radical (unpaired) electrons. The molecule has 0 bridgehead atoms. The number of nitrogens with zero attached hydrogens (tertiary/aromatic N) is 2. The number of para-hydroxylation sites is 1. The molecule has 4 rings (SSSR count). The second-order valence-corrected chi connectivity index (χ2v) is 7.62. The molecule has 0 saturated carbocycles. The van der Waals surface area contributed by atoms with Crippen LogP contribution in [0.15, 0.2) is 53.7 Å². The first-order valence-electron chi connectivity index (χ1n) is 8.78. The summed E-state index contributed by atoms with van der Waals surface area (Å²) in [5, 5.41) is 6.02. The van der Waals surface area contributed by atoms with Crippen molar-refractivity contribution in [3.05, 3.63) is 59.1 Å². The number of hydrogen-bond donors (Lipinski definition) is 1. The largest absolute Gasteiger partial charge is 0.376 e. The van der Waals surface area contributed by atoms with Crippen LogP contribution < -0.4 is 5.32 Å². The van der Waals surface area contributed by atoms with Gasteiger partial charge in [0.05, 0.1) is 11.6 Å². The summed E-state index contributed by atoms with van der Waals surface area (Å²) in [5.74, 6) is 1.61. The van der Waals surface area contributed by atoms with E-state index in [2.05, 4.69) is 11.4 Å². The summed E-state index contributed by atoms with van der Waals surface area (Å²) in [7, 11) is 0. The first kappa shape index (κ1) is 17.6. The maximum atomic E-state index is 6.26. The third-order valence-electron chi connectivity index (χ3n) is 4.42. The number of fused-ring (bicyclic) bond motifs is 1. The van der Waals surface area contributed by atoms with Crippen molar-refractivity contribution in [1.29, 1.82) is 0 Å². The van der Waals surface area contributed by atoms with Gasteiger partial charge in [0.1, 0.15) is 5.82 Å². The van der Waals surface area contributed by atoms with Crippen LogP contribution in [0.1, 0.15) is 18.4 Å². The predicted octanol–water partition coefficient (Wildman–Crippen LogP) is 5.17. The Morgan fingerprint density at radius 3 is 2.81 bits per heavy atom. The Labute approximate surface area is 162 Å². The number of benzene rings is 2. The Hall–Kier alpha value is -1.82. The SMILES string of the molecule is Clc1ccccc1CSc1nc(NC[C@@H]2CCCO2)c2ccccc2n1. The van der Waals surface area contributed by atoms with Crippen molar-refractivity contribution in [2.45, 2.75) is 29.9 Å². The fourth-order valence-electron chi connectivity index (χ4n) is 3.03. The molecule has 4 nitrogen and oxygen atoms in total. The van der Waals surface area contributed by atoms with E-state index in [4.69, 9.17) is 26.3 Å². The minimum Gasteiger partial charge on any atom is -0.376 e. The highest BCUT2D eigenvalue weighted by Crippen LogP contribution is 2.28. The van der Waals surface area contributed by atoms with E-state index >= 15 is 0 Å². The second kappa shape index (κ2) is 8.25. The standard InChI is InChI=1S/C20H20ClN3OS/c21-17-9-3-1-6-14(17)13-26-20-23-18-10-4-2-8-16(18)19(24-20)22-12-15-7-5-11-25-15/h1-4,6,8-10,15H,5,7,11-13H2,(H,22,23,24)/t15-/m0/s1. The highest BCUT2D eigenvalue weighted by Gasteiger charge is 2.16. The highest BCUT2D eigenvalue weighted by molar-refractivity contribution is 7.98. The molecule has 0 unspecified atom stereocenters. The molecule has 2 heterocycles. The molecule has 0 aliphatic carbocycles. The third kappa shape index (κ3) is 4.11. The van der Waals surface area contributed by atoms with Crippen LogP contribution in [0.25, 0.3) is 10.9 Å². The summed E-state index contributed by atoms with van der Waals surface area (Å²) in [5.41, 5.74) is 2.03. The number of thioether (sulfide) groups is 1. The average Bonchev–Trinajstić information content (AvgIpc) is 3.19. The van der Waals surface area contributed by atoms with Gasteiger partial charge in [-0.1, -0.05) is 53.7 Å². The van der Waals surface area contributed by atoms with Crippen molar-refractivity contribution in [2.75, 3.05) is 18.5 Å². The molecule has 3 aromatic rings. The van der Waals surface area contributed by atoms with Crippen LogP contribution in [-0.2, 0) is 10.5 Å². The molecule has 0 amide bonds. The van der Waals surface area contributed by atoms with E-state index in [9.17, 15) is 0 Å². The van der Waals surface area contributed by atoms with E-state index in [0.29, 0.717) is 0 Å². The molecule has 1 saturated heterocycles. The number of hydrogen-bond acceptors (Lipinski definition) is 5. The number of aromatic nitrogens is 2. The molecule has 0 spiro atoms. The van der Waals surface area contributed by atoms with E-state index in [0.717, 1.165) is 64.2 Å². The number of ether oxygens (including phenoxy) is 1. The molecule has 1 aromatic heterocycles. The van der Waals surface area contributed by atoms with E-state index in [1.165, 1.54) is 0 Å². The summed E-state index contributed by atoms with van der Waals surface area (Å²) in [6.07, 6.45) is 2.50. The maximum absolute atomic E-state index is 6.26. The average molecular weight is 386 g/mol. The Morgan fingerprint density at radius 1 is 1.12 bits per heavy atom. The van der Waals surface area contributed by atoms with Gasteiger partial charge in [0.15, 0.2) is 5.16 Å². The Balaban J connectivity index is 1.55. The van der Waals surface area contributed by atoms with Gasteiger partial charge in [0, 0.05) is 29.3 Å². The van der Waals surface area contributed by atoms with Gasteiger partial charge < -0.3 is 10.1 Å². The zero-order valence-electron chi connectivity index (χ0n) is 14.3. The minimum absolute atomic E-state index is 0.267. The van der Waals surface area contributed by atoms with Crippen molar-refractivity contribution >= 4 is 40.1 Å². The maximum Gasteiger partial charge on any atom is 0.190 e. The van der Waals surface area contributed by atoms with Crippen LogP contribution >= 0.6 is 23.4 Å². The van der Waals surface area contributed by atoms with Gasteiger partial charge in [-0.15, -0.1) is 0 Å². The smallest absolute Gasteiger partial charge is 0.190 e. The first-order chi connectivity index (χ1) is 12.8. The van der Waals surface area contributed by atoms with Crippen molar-refractivity contribution < 1.29 is 4.74 Å². The quantitative estimate of drug-likeness (QED) is 0.468. The van der Waals surface area contributed by atoms with Crippen molar-refractivity contribution in [1.82, 2.24) is 9.97 Å². The number of anilines is 1. The number of rotatable bonds is 6. The summed E-state index contributed by atoms with van der Waals surface area (Å²) in [6, 6.07) is 16.0. The molecule has 1 N–H and O–H groups in total. The highest BCUT2D eigenvalue weighted by atomic mass is 35.5. The Morgan fingerprint density at radius 2 is 1.96 bits per heavy atom. The van der Waals surface area contributed by atoms with Crippen LogP contribution in [0.3, 0.4) is 0 Å². The van der Waals surface area contributed by atoms with Gasteiger partial charge in [-0.25, -0.2) is 9.97 Å². The van der Waals surface area contributed by atoms with E-state index < -0.39 is 0 Å². The topological polar surface area (TPSA) is 47.0 Å². The fraction of sp³-hybridized carbons (Fsp3) is 0.300. The van der Waals surface area contributed by atoms with Crippen molar-refractivity contribution in [2.24, 2.45) is 0 Å². The molecule has 1 atom stereocenters. The van der Waals surface area contributed by atoms with Gasteiger partial charge in [0.2, 0.25) is 0 Å². The lowest BCUT2D eigenvalue weighted by Gasteiger charge is -2.14. The zero-order valence-corrected chi connectivity index (χ0v) is 15.9. The second-order valence-electron chi connectivity index (χ2n) is 6.27. The Bertz CT molecular complexity index is 899. The Kier molecular flexibility index (Phi) is 5.58. The molecule has 26 heavy (non-hydrogen) atoms. The van der Waals surface area contributed by atoms with Gasteiger partial charge in [-0.3, -0.25) is 0 Å². The van der Waals surface area contributed by atoms with Crippen LogP contribution in [-0.4, -0.2) is 29.2 Å². The molecule has 2 aromatic carbocycles. The molecular weight excluding hydrogens is 366 g/mol. The zero-order chi connectivity index (χ0) is 17.8. The predicted molar refractivity (Wildman–Crippen MR) is 108 cm³/mol. The lowest BCUT2D eigenvalue weighted by atomic mass is 10.2. The van der Waals surface area contributed by atoms with E-state index in [-0.39, 0.29) is 6.10 Å². The van der Waals surface area contributed by atoms with Crippen molar-refractivity contribution in [3.8, 4) is 0 Å². The third-order valence-corrected chi connectivity index (χ3v) is 5.68. The summed E-state index contributed by atoms with van der Waals surface area (Å²) in [4.78, 5) is 9.45. The van der Waals surface area contributed by atoms with E-state index in [1.54, 1.807) is 11.8 Å². The summed E-state index contributed by atoms with van der Waals surface area (Å²) >= 11 is 7.86. The van der Waals surface area contributed by atoms with Gasteiger partial charge in [0.25, 0.3) is 0 Å². The summed E-state index contributed by atoms with van der Waals surface area (Å²) in [6.45, 7) is 1.63. The van der Waals surface area contributed by atoms with Crippen LogP contribution in [0.4, 0.5) is 5.82 Å². The molecule has 1 aliphatic heterocycles. The van der Waals surface area contributed by atoms with Crippen LogP contribution in [0.2, 0.25) is 5.02 Å². The van der Waals surface area contributed by atoms with Gasteiger partial charge in [-0.2, -0.15) is 0 Å². The monoisotopic (exact) mass is 385 g/mol. The fourth-order valence-corrected chi connectivity index (χ4v) is 4.17. The number of halogens is 1. The van der Waals surface area contributed by atoms with Crippen molar-refractivity contribution in [3.63, 3.8) is 0 Å². The molecule has 1 aliphatic rings. The molecule has 1 fully saturated rings. The normalized spacial score (nSPS) is 16.9. The summed E-state index contributed by atoms with van der Waals surface area (Å²) < 4.78 is 5.71. The lowest BCUT2D eigenvalue weighted by molar-refractivity contribution is 0.120. The van der Waals surface area contributed by atoms with E-state index in [1.807, 2.05) is 42.5 Å². The molecule has 6 heteroatoms. The van der Waals surface area contributed by atoms with Crippen LogP contribution in [0, 0.1) is 0 Å². The molecule has 134 valence electrons. The van der Waals surface area contributed by atoms with Crippen LogP contribution in [0.5, 0.6) is 0 Å². The van der Waals surface area contributed by atoms with Gasteiger partial charge in [-0.05, 0) is 36.6 Å². The first-order valence-corrected chi connectivity index (χ1v) is 10.1. The molecular formula is C20H20ClN3OS. The minimum atomic E-state index is 0.267. The number of nitrogens with one attached hydrogen (secondary N) is 1. The lowest BCUT2D eigenvalue weighted by Crippen LogP contribution is -2.19. The van der Waals surface area contributed by atoms with Gasteiger partial charge >= 0.3 is 0 Å².